The molecule has 272 valence electrons. The van der Waals surface area contributed by atoms with Crippen molar-refractivity contribution in [1.82, 2.24) is 4.57 Å². The second-order valence-electron chi connectivity index (χ2n) is 14.9. The first kappa shape index (κ1) is 33.6. The highest BCUT2D eigenvalue weighted by atomic mass is 15.1. The van der Waals surface area contributed by atoms with Crippen molar-refractivity contribution >= 4 is 50.0 Å². The van der Waals surface area contributed by atoms with Crippen LogP contribution < -0.4 is 4.90 Å². The molecule has 0 atom stereocenters. The molecule has 1 aliphatic rings. The number of aromatic nitrogens is 1. The van der Waals surface area contributed by atoms with Crippen LogP contribution in [0.25, 0.3) is 60.9 Å². The molecule has 0 amide bonds. The third-order valence-electron chi connectivity index (χ3n) is 11.6. The molecule has 0 bridgehead atoms. The van der Waals surface area contributed by atoms with Gasteiger partial charge in [0.15, 0.2) is 0 Å². The minimum absolute atomic E-state index is 1.10. The normalized spacial score (nSPS) is 11.8. The summed E-state index contributed by atoms with van der Waals surface area (Å²) in [5, 5.41) is 2.50. The van der Waals surface area contributed by atoms with Crippen molar-refractivity contribution in [1.29, 1.82) is 0 Å². The number of nitrogens with zero attached hydrogens (tertiary/aromatic N) is 2. The monoisotopic (exact) mass is 738 g/mol. The van der Waals surface area contributed by atoms with Gasteiger partial charge in [-0.25, -0.2) is 0 Å². The summed E-state index contributed by atoms with van der Waals surface area (Å²) in [5.41, 5.74) is 19.2. The molecule has 0 aliphatic heterocycles. The maximum absolute atomic E-state index is 2.40. The maximum atomic E-state index is 2.40. The Bertz CT molecular complexity index is 3080. The number of anilines is 3. The molecule has 0 spiro atoms. The number of benzene rings is 9. The van der Waals surface area contributed by atoms with E-state index in [4.69, 9.17) is 0 Å². The third kappa shape index (κ3) is 5.66. The quantitative estimate of drug-likeness (QED) is 0.158. The molecule has 0 saturated heterocycles. The van der Waals surface area contributed by atoms with Crippen LogP contribution in [0, 0.1) is 0 Å². The largest absolute Gasteiger partial charge is 0.310 e. The van der Waals surface area contributed by atoms with Gasteiger partial charge in [-0.2, -0.15) is 0 Å². The SMILES string of the molecule is c1ccc(C(=C2c3ccccc3-c3ccc(N(c4ccccc4)c4ccc(-c5ccc6c(c5)c5ccccc5n6-c5ccccc5)cc4)cc32)c2ccccc2)cc1. The predicted molar refractivity (Wildman–Crippen MR) is 244 cm³/mol. The average Bonchev–Trinajstić information content (AvgIpc) is 3.80. The molecule has 9 aromatic carbocycles. The van der Waals surface area contributed by atoms with E-state index in [0.29, 0.717) is 0 Å². The van der Waals surface area contributed by atoms with Crippen LogP contribution in [0.4, 0.5) is 17.1 Å². The van der Waals surface area contributed by atoms with Crippen LogP contribution >= 0.6 is 0 Å². The Morgan fingerprint density at radius 2 is 0.845 bits per heavy atom. The first-order chi connectivity index (χ1) is 28.8. The van der Waals surface area contributed by atoms with Crippen LogP contribution in [0.3, 0.4) is 0 Å². The lowest BCUT2D eigenvalue weighted by Gasteiger charge is -2.26. The van der Waals surface area contributed by atoms with E-state index in [9.17, 15) is 0 Å². The van der Waals surface area contributed by atoms with Crippen LogP contribution in [0.2, 0.25) is 0 Å². The second kappa shape index (κ2) is 14.1. The molecule has 1 aromatic heterocycles. The molecule has 2 nitrogen and oxygen atoms in total. The van der Waals surface area contributed by atoms with E-state index in [1.807, 2.05) is 0 Å². The highest BCUT2D eigenvalue weighted by Gasteiger charge is 2.28. The molecule has 58 heavy (non-hydrogen) atoms. The van der Waals surface area contributed by atoms with Crippen LogP contribution in [0.1, 0.15) is 22.3 Å². The molecule has 0 saturated carbocycles. The molecule has 10 aromatic rings. The van der Waals surface area contributed by atoms with Crippen molar-refractivity contribution in [2.24, 2.45) is 0 Å². The summed E-state index contributed by atoms with van der Waals surface area (Å²) in [4.78, 5) is 2.38. The summed E-state index contributed by atoms with van der Waals surface area (Å²) in [7, 11) is 0. The van der Waals surface area contributed by atoms with Crippen molar-refractivity contribution in [3.63, 3.8) is 0 Å². The van der Waals surface area contributed by atoms with Gasteiger partial charge in [0.05, 0.1) is 11.0 Å². The van der Waals surface area contributed by atoms with E-state index in [0.717, 1.165) is 17.1 Å². The number of hydrogen-bond donors (Lipinski definition) is 0. The molecule has 0 radical (unpaired) electrons. The molecule has 11 rings (SSSR count). The zero-order valence-corrected chi connectivity index (χ0v) is 31.8. The van der Waals surface area contributed by atoms with E-state index >= 15 is 0 Å². The van der Waals surface area contributed by atoms with Crippen LogP contribution in [0.5, 0.6) is 0 Å². The van der Waals surface area contributed by atoms with Gasteiger partial charge in [-0.05, 0) is 122 Å². The van der Waals surface area contributed by atoms with Crippen molar-refractivity contribution in [3.8, 4) is 27.9 Å². The summed E-state index contributed by atoms with van der Waals surface area (Å²) in [5.74, 6) is 0. The summed E-state index contributed by atoms with van der Waals surface area (Å²) in [6, 6.07) is 83.5. The fourth-order valence-corrected chi connectivity index (χ4v) is 8.96. The van der Waals surface area contributed by atoms with Gasteiger partial charge < -0.3 is 9.47 Å². The Kier molecular flexibility index (Phi) is 8.19. The molecule has 1 aliphatic carbocycles. The number of para-hydroxylation sites is 3. The summed E-state index contributed by atoms with van der Waals surface area (Å²) in [6.45, 7) is 0. The standard InChI is InChI=1S/C56H38N2/c1-5-17-40(18-6-1)55(41-19-7-2-8-20-41)56-50-27-14-13-25-47(50)48-35-34-46(38-52(48)56)57(43-21-9-3-10-22-43)45-32-29-39(30-33-45)42-31-36-54-51(37-42)49-26-15-16-28-53(49)58(54)44-23-11-4-12-24-44/h1-38H. The Morgan fingerprint density at radius 1 is 0.328 bits per heavy atom. The molecular formula is C56H38N2. The van der Waals surface area contributed by atoms with Gasteiger partial charge >= 0.3 is 0 Å². The first-order valence-corrected chi connectivity index (χ1v) is 19.9. The Morgan fingerprint density at radius 3 is 1.55 bits per heavy atom. The fourth-order valence-electron chi connectivity index (χ4n) is 8.96. The number of hydrogen-bond acceptors (Lipinski definition) is 1. The van der Waals surface area contributed by atoms with Gasteiger partial charge in [0.1, 0.15) is 0 Å². The molecule has 0 fully saturated rings. The summed E-state index contributed by atoms with van der Waals surface area (Å²) < 4.78 is 2.37. The lowest BCUT2D eigenvalue weighted by atomic mass is 9.88. The lowest BCUT2D eigenvalue weighted by Crippen LogP contribution is -2.10. The smallest absolute Gasteiger partial charge is 0.0541 e. The number of rotatable bonds is 7. The fraction of sp³-hybridized carbons (Fsp3) is 0. The number of fused-ring (bicyclic) bond motifs is 6. The summed E-state index contributed by atoms with van der Waals surface area (Å²) >= 11 is 0. The van der Waals surface area contributed by atoms with Crippen LogP contribution in [-0.2, 0) is 0 Å². The van der Waals surface area contributed by atoms with E-state index in [1.54, 1.807) is 0 Å². The van der Waals surface area contributed by atoms with Crippen LogP contribution in [-0.4, -0.2) is 4.57 Å². The third-order valence-corrected chi connectivity index (χ3v) is 11.6. The van der Waals surface area contributed by atoms with Gasteiger partial charge in [-0.15, -0.1) is 0 Å². The van der Waals surface area contributed by atoms with E-state index in [-0.39, 0.29) is 0 Å². The van der Waals surface area contributed by atoms with Crippen molar-refractivity contribution in [3.05, 3.63) is 253 Å². The van der Waals surface area contributed by atoms with Crippen molar-refractivity contribution in [2.75, 3.05) is 4.90 Å². The van der Waals surface area contributed by atoms with E-state index < -0.39 is 0 Å². The van der Waals surface area contributed by atoms with Gasteiger partial charge in [0.2, 0.25) is 0 Å². The van der Waals surface area contributed by atoms with E-state index in [1.165, 1.54) is 83.1 Å². The Hall–Kier alpha value is -7.68. The zero-order valence-electron chi connectivity index (χ0n) is 31.8. The summed E-state index contributed by atoms with van der Waals surface area (Å²) in [6.07, 6.45) is 0. The van der Waals surface area contributed by atoms with Crippen LogP contribution in [0.15, 0.2) is 231 Å². The highest BCUT2D eigenvalue weighted by molar-refractivity contribution is 6.14. The van der Waals surface area contributed by atoms with Gasteiger partial charge in [0.25, 0.3) is 0 Å². The van der Waals surface area contributed by atoms with E-state index in [2.05, 4.69) is 240 Å². The van der Waals surface area contributed by atoms with Gasteiger partial charge in [-0.3, -0.25) is 0 Å². The molecular weight excluding hydrogens is 701 g/mol. The first-order valence-electron chi connectivity index (χ1n) is 19.9. The van der Waals surface area contributed by atoms with Crippen molar-refractivity contribution in [2.45, 2.75) is 0 Å². The van der Waals surface area contributed by atoms with Gasteiger partial charge in [0, 0.05) is 33.5 Å². The Labute approximate surface area is 338 Å². The minimum Gasteiger partial charge on any atom is -0.310 e. The topological polar surface area (TPSA) is 8.17 Å². The molecule has 1 heterocycles. The molecule has 0 N–H and O–H groups in total. The average molecular weight is 739 g/mol. The lowest BCUT2D eigenvalue weighted by molar-refractivity contribution is 1.18. The highest BCUT2D eigenvalue weighted by Crippen LogP contribution is 2.51. The maximum Gasteiger partial charge on any atom is 0.0541 e. The second-order valence-corrected chi connectivity index (χ2v) is 14.9. The molecule has 0 unspecified atom stereocenters. The zero-order chi connectivity index (χ0) is 38.4. The molecule has 2 heteroatoms. The van der Waals surface area contributed by atoms with Crippen molar-refractivity contribution < 1.29 is 0 Å². The minimum atomic E-state index is 1.10. The predicted octanol–water partition coefficient (Wildman–Crippen LogP) is 14.9. The van der Waals surface area contributed by atoms with Gasteiger partial charge in [-0.1, -0.05) is 164 Å². The Balaban J connectivity index is 1.04.